The fraction of sp³-hybridized carbons (Fsp3) is 0.875. The van der Waals surface area contributed by atoms with Gasteiger partial charge in [0.2, 0.25) is 0 Å². The fourth-order valence-electron chi connectivity index (χ4n) is 10.7. The molecule has 0 heterocycles. The van der Waals surface area contributed by atoms with E-state index in [1.54, 1.807) is 0 Å². The average Bonchev–Trinajstić information content (AvgIpc) is 2.72. The van der Waals surface area contributed by atoms with Gasteiger partial charge in [0.05, 0.1) is 0 Å². The van der Waals surface area contributed by atoms with Crippen molar-refractivity contribution in [2.45, 2.75) is 126 Å². The lowest BCUT2D eigenvalue weighted by atomic mass is 9.33. The van der Waals surface area contributed by atoms with E-state index in [2.05, 4.69) is 61.5 Å². The molecule has 0 aromatic rings. The molecule has 0 aromatic heterocycles. The molecule has 0 bridgehead atoms. The van der Waals surface area contributed by atoms with Crippen LogP contribution >= 0.6 is 0 Å². The predicted octanol–water partition coefficient (Wildman–Crippen LogP) is 7.92. The molecular formula is C32H50O3. The Hall–Kier alpha value is -1.12. The lowest BCUT2D eigenvalue weighted by Crippen LogP contribution is -2.66. The van der Waals surface area contributed by atoms with Crippen LogP contribution in [0.1, 0.15) is 120 Å². The van der Waals surface area contributed by atoms with Crippen LogP contribution in [0.5, 0.6) is 0 Å². The van der Waals surface area contributed by atoms with Crippen molar-refractivity contribution in [1.82, 2.24) is 0 Å². The number of carbonyl (C=O) groups excluding carboxylic acids is 2. The van der Waals surface area contributed by atoms with E-state index in [0.717, 1.165) is 25.7 Å². The Morgan fingerprint density at radius 2 is 1.54 bits per heavy atom. The largest absolute Gasteiger partial charge is 0.462 e. The maximum absolute atomic E-state index is 14.3. The molecule has 0 N–H and O–H groups in total. The van der Waals surface area contributed by atoms with Gasteiger partial charge in [-0.15, -0.1) is 0 Å². The van der Waals surface area contributed by atoms with E-state index < -0.39 is 0 Å². The van der Waals surface area contributed by atoms with Crippen molar-refractivity contribution in [3.63, 3.8) is 0 Å². The molecule has 4 saturated carbocycles. The summed E-state index contributed by atoms with van der Waals surface area (Å²) in [4.78, 5) is 26.2. The first kappa shape index (κ1) is 25.5. The normalized spacial score (nSPS) is 50.1. The van der Waals surface area contributed by atoms with Gasteiger partial charge in [-0.25, -0.2) is 0 Å². The molecule has 1 unspecified atom stereocenters. The van der Waals surface area contributed by atoms with E-state index in [0.29, 0.717) is 28.4 Å². The summed E-state index contributed by atoms with van der Waals surface area (Å²) in [5, 5.41) is 0. The molecule has 8 atom stereocenters. The first-order valence-corrected chi connectivity index (χ1v) is 14.4. The highest BCUT2D eigenvalue weighted by atomic mass is 16.5. The number of ether oxygens (including phenoxy) is 1. The minimum Gasteiger partial charge on any atom is -0.462 e. The van der Waals surface area contributed by atoms with Gasteiger partial charge in [0, 0.05) is 18.3 Å². The third-order valence-electron chi connectivity index (χ3n) is 13.0. The number of esters is 1. The number of ketones is 1. The first-order chi connectivity index (χ1) is 16.0. The number of allylic oxidation sites excluding steroid dienone is 2. The second kappa shape index (κ2) is 7.47. The van der Waals surface area contributed by atoms with Crippen LogP contribution in [0.15, 0.2) is 11.6 Å². The van der Waals surface area contributed by atoms with Gasteiger partial charge in [0.15, 0.2) is 5.78 Å². The third kappa shape index (κ3) is 3.34. The highest BCUT2D eigenvalue weighted by Gasteiger charge is 2.70. The monoisotopic (exact) mass is 482 g/mol. The van der Waals surface area contributed by atoms with Crippen molar-refractivity contribution in [2.24, 2.45) is 50.2 Å². The third-order valence-corrected chi connectivity index (χ3v) is 13.0. The zero-order valence-corrected chi connectivity index (χ0v) is 24.0. The fourth-order valence-corrected chi connectivity index (χ4v) is 10.7. The number of hydrogen-bond acceptors (Lipinski definition) is 3. The lowest BCUT2D eigenvalue weighted by molar-refractivity contribution is -0.210. The van der Waals surface area contributed by atoms with Gasteiger partial charge in [0.1, 0.15) is 6.10 Å². The summed E-state index contributed by atoms with van der Waals surface area (Å²) in [7, 11) is 0. The summed E-state index contributed by atoms with van der Waals surface area (Å²) < 4.78 is 5.85. The molecule has 3 nitrogen and oxygen atoms in total. The van der Waals surface area contributed by atoms with E-state index >= 15 is 0 Å². The van der Waals surface area contributed by atoms with Crippen molar-refractivity contribution in [3.8, 4) is 0 Å². The zero-order chi connectivity index (χ0) is 25.8. The number of hydrogen-bond donors (Lipinski definition) is 0. The predicted molar refractivity (Wildman–Crippen MR) is 141 cm³/mol. The van der Waals surface area contributed by atoms with Gasteiger partial charge in [-0.2, -0.15) is 0 Å². The van der Waals surface area contributed by atoms with Crippen molar-refractivity contribution >= 4 is 11.8 Å². The molecule has 35 heavy (non-hydrogen) atoms. The minimum absolute atomic E-state index is 0.00726. The van der Waals surface area contributed by atoms with Crippen molar-refractivity contribution in [1.29, 1.82) is 0 Å². The second-order valence-corrected chi connectivity index (χ2v) is 15.8. The van der Waals surface area contributed by atoms with Crippen LogP contribution in [0.2, 0.25) is 0 Å². The van der Waals surface area contributed by atoms with Crippen molar-refractivity contribution < 1.29 is 14.3 Å². The number of fused-ring (bicyclic) bond motifs is 7. The van der Waals surface area contributed by atoms with Crippen molar-refractivity contribution in [2.75, 3.05) is 0 Å². The summed E-state index contributed by atoms with van der Waals surface area (Å²) in [6.45, 7) is 20.9. The number of rotatable bonds is 1. The molecule has 0 radical (unpaired) electrons. The van der Waals surface area contributed by atoms with Crippen LogP contribution in [-0.2, 0) is 14.3 Å². The highest BCUT2D eigenvalue weighted by Crippen LogP contribution is 2.75. The molecule has 196 valence electrons. The van der Waals surface area contributed by atoms with Gasteiger partial charge in [-0.05, 0) is 103 Å². The molecule has 0 amide bonds. The van der Waals surface area contributed by atoms with Gasteiger partial charge in [-0.3, -0.25) is 9.59 Å². The molecule has 0 aromatic carbocycles. The van der Waals surface area contributed by atoms with E-state index in [9.17, 15) is 9.59 Å². The number of carbonyl (C=O) groups is 2. The van der Waals surface area contributed by atoms with E-state index in [4.69, 9.17) is 4.74 Å². The Bertz CT molecular complexity index is 973. The maximum atomic E-state index is 14.3. The topological polar surface area (TPSA) is 43.4 Å². The smallest absolute Gasteiger partial charge is 0.302 e. The second-order valence-electron chi connectivity index (χ2n) is 15.8. The van der Waals surface area contributed by atoms with Crippen LogP contribution in [0.3, 0.4) is 0 Å². The van der Waals surface area contributed by atoms with Crippen LogP contribution in [0.25, 0.3) is 0 Å². The van der Waals surface area contributed by atoms with Gasteiger partial charge in [0.25, 0.3) is 0 Å². The molecule has 0 aliphatic heterocycles. The zero-order valence-electron chi connectivity index (χ0n) is 24.0. The first-order valence-electron chi connectivity index (χ1n) is 14.4. The summed E-state index contributed by atoms with van der Waals surface area (Å²) in [6, 6.07) is 0. The lowest BCUT2D eigenvalue weighted by Gasteiger charge is -2.70. The summed E-state index contributed by atoms with van der Waals surface area (Å²) in [6.07, 6.45) is 12.5. The van der Waals surface area contributed by atoms with Gasteiger partial charge in [-0.1, -0.05) is 61.0 Å². The molecule has 0 saturated heterocycles. The van der Waals surface area contributed by atoms with E-state index in [1.165, 1.54) is 44.6 Å². The SMILES string of the molecule is CC(=O)O[C@H]1CC[C@@]2(C)C(CC[C@]3(C)[C@@H]2C(=O)C=C2[C@H]4CC(C)(C)CC[C@]4(C)CC[C@]23C)C1(C)C. The summed E-state index contributed by atoms with van der Waals surface area (Å²) >= 11 is 0. The Kier molecular flexibility index (Phi) is 5.45. The van der Waals surface area contributed by atoms with Gasteiger partial charge >= 0.3 is 5.97 Å². The highest BCUT2D eigenvalue weighted by molar-refractivity contribution is 5.95. The standard InChI is InChI=1S/C32H50O3/c1-20(33)35-25-11-12-30(7)24(28(25,4)5)10-13-32(9)26(30)23(34)18-21-22-19-27(2,3)14-15-29(22,6)16-17-31(21,32)8/h18,22,24-26H,10-17,19H2,1-9H3/t22-,24?,25+,26-,29-,30+,31-,32-/m1/s1. The molecule has 3 heteroatoms. The molecule has 0 spiro atoms. The Morgan fingerprint density at radius 3 is 2.20 bits per heavy atom. The average molecular weight is 483 g/mol. The molecule has 5 rings (SSSR count). The van der Waals surface area contributed by atoms with Crippen LogP contribution in [-0.4, -0.2) is 17.9 Å². The Balaban J connectivity index is 1.58. The van der Waals surface area contributed by atoms with Crippen LogP contribution < -0.4 is 0 Å². The summed E-state index contributed by atoms with van der Waals surface area (Å²) in [5.74, 6) is 1.20. The van der Waals surface area contributed by atoms with Crippen LogP contribution in [0, 0.1) is 50.2 Å². The van der Waals surface area contributed by atoms with Crippen molar-refractivity contribution in [3.05, 3.63) is 11.6 Å². The summed E-state index contributed by atoms with van der Waals surface area (Å²) in [5.41, 5.74) is 2.12. The Morgan fingerprint density at radius 1 is 0.886 bits per heavy atom. The molecule has 5 aliphatic rings. The quantitative estimate of drug-likeness (QED) is 0.357. The molecule has 4 fully saturated rings. The van der Waals surface area contributed by atoms with Gasteiger partial charge < -0.3 is 4.74 Å². The molecule has 5 aliphatic carbocycles. The van der Waals surface area contributed by atoms with E-state index in [1.807, 2.05) is 0 Å². The van der Waals surface area contributed by atoms with Crippen LogP contribution in [0.4, 0.5) is 0 Å². The minimum atomic E-state index is -0.179. The van der Waals surface area contributed by atoms with E-state index in [-0.39, 0.29) is 39.7 Å². The molecular weight excluding hydrogens is 432 g/mol. The Labute approximate surface area is 214 Å². The maximum Gasteiger partial charge on any atom is 0.302 e.